The molecule has 3 aromatic rings. The molecule has 25 heavy (non-hydrogen) atoms. The molecule has 0 bridgehead atoms. The van der Waals surface area contributed by atoms with Crippen LogP contribution in [0.4, 0.5) is 5.69 Å². The molecule has 0 atom stereocenters. The summed E-state index contributed by atoms with van der Waals surface area (Å²) in [6.45, 7) is 1.68. The van der Waals surface area contributed by atoms with Crippen LogP contribution in [0.1, 0.15) is 21.8 Å². The van der Waals surface area contributed by atoms with E-state index in [4.69, 9.17) is 4.42 Å². The van der Waals surface area contributed by atoms with E-state index in [0.717, 1.165) is 0 Å². The molecule has 0 spiro atoms. The number of carbonyl (C=O) groups is 2. The van der Waals surface area contributed by atoms with E-state index in [1.54, 1.807) is 49.4 Å². The van der Waals surface area contributed by atoms with Crippen LogP contribution in [0.5, 0.6) is 0 Å². The van der Waals surface area contributed by atoms with Crippen molar-refractivity contribution in [3.05, 3.63) is 65.5 Å². The highest BCUT2D eigenvalue weighted by Gasteiger charge is 2.16. The molecule has 3 rings (SSSR count). The Morgan fingerprint density at radius 2 is 1.80 bits per heavy atom. The lowest BCUT2D eigenvalue weighted by Crippen LogP contribution is -2.17. The number of anilines is 1. The number of carboxylic acid groups (broad SMARTS) is 1. The third kappa shape index (κ3) is 3.72. The first-order valence-corrected chi connectivity index (χ1v) is 7.55. The summed E-state index contributed by atoms with van der Waals surface area (Å²) >= 11 is 0. The molecule has 2 aromatic carbocycles. The van der Waals surface area contributed by atoms with E-state index in [9.17, 15) is 14.7 Å². The second-order valence-corrected chi connectivity index (χ2v) is 5.36. The zero-order chi connectivity index (χ0) is 17.8. The summed E-state index contributed by atoms with van der Waals surface area (Å²) in [5, 5.41) is 19.7. The van der Waals surface area contributed by atoms with Gasteiger partial charge in [0.25, 0.3) is 0 Å². The Bertz CT molecular complexity index is 933. The maximum absolute atomic E-state index is 12.4. The lowest BCUT2D eigenvalue weighted by atomic mass is 10.0. The van der Waals surface area contributed by atoms with Gasteiger partial charge in [0.1, 0.15) is 0 Å². The van der Waals surface area contributed by atoms with Gasteiger partial charge in [-0.25, -0.2) is 4.79 Å². The van der Waals surface area contributed by atoms with Gasteiger partial charge < -0.3 is 14.8 Å². The zero-order valence-corrected chi connectivity index (χ0v) is 13.4. The van der Waals surface area contributed by atoms with Gasteiger partial charge >= 0.3 is 5.97 Å². The smallest absolute Gasteiger partial charge is 0.335 e. The lowest BCUT2D eigenvalue weighted by molar-refractivity contribution is -0.115. The highest BCUT2D eigenvalue weighted by Crippen LogP contribution is 2.26. The number of aromatic carboxylic acids is 1. The van der Waals surface area contributed by atoms with Crippen LogP contribution < -0.4 is 5.32 Å². The lowest BCUT2D eigenvalue weighted by Gasteiger charge is -2.10. The Morgan fingerprint density at radius 1 is 1.08 bits per heavy atom. The zero-order valence-electron chi connectivity index (χ0n) is 13.4. The number of benzene rings is 2. The third-order valence-electron chi connectivity index (χ3n) is 3.56. The van der Waals surface area contributed by atoms with E-state index >= 15 is 0 Å². The number of aromatic nitrogens is 2. The van der Waals surface area contributed by atoms with E-state index in [0.29, 0.717) is 28.6 Å². The molecule has 1 amide bonds. The summed E-state index contributed by atoms with van der Waals surface area (Å²) in [5.74, 6) is -0.673. The van der Waals surface area contributed by atoms with Crippen LogP contribution in [0.2, 0.25) is 0 Å². The molecule has 0 saturated heterocycles. The van der Waals surface area contributed by atoms with Gasteiger partial charge in [-0.1, -0.05) is 30.3 Å². The summed E-state index contributed by atoms with van der Waals surface area (Å²) in [4.78, 5) is 23.6. The highest BCUT2D eigenvalue weighted by atomic mass is 16.4. The van der Waals surface area contributed by atoms with Gasteiger partial charge in [0.15, 0.2) is 0 Å². The highest BCUT2D eigenvalue weighted by molar-refractivity contribution is 5.98. The molecular formula is C18H15N3O4. The summed E-state index contributed by atoms with van der Waals surface area (Å²) in [6.07, 6.45) is -0.0559. The number of amides is 1. The topological polar surface area (TPSA) is 105 Å². The van der Waals surface area contributed by atoms with Crippen LogP contribution in [-0.4, -0.2) is 27.2 Å². The number of carboxylic acids is 1. The number of rotatable bonds is 5. The summed E-state index contributed by atoms with van der Waals surface area (Å²) < 4.78 is 5.41. The summed E-state index contributed by atoms with van der Waals surface area (Å²) in [6, 6.07) is 13.5. The molecular weight excluding hydrogens is 322 g/mol. The summed E-state index contributed by atoms with van der Waals surface area (Å²) in [5.41, 5.74) is 1.67. The van der Waals surface area contributed by atoms with Crippen LogP contribution in [-0.2, 0) is 11.2 Å². The molecule has 0 saturated carbocycles. The Kier molecular flexibility index (Phi) is 4.56. The van der Waals surface area contributed by atoms with Crippen LogP contribution in [0.25, 0.3) is 11.5 Å². The van der Waals surface area contributed by atoms with E-state index in [1.165, 1.54) is 6.07 Å². The first-order chi connectivity index (χ1) is 12.0. The number of nitrogens with zero attached hydrogens (tertiary/aromatic N) is 2. The molecule has 0 unspecified atom stereocenters. The van der Waals surface area contributed by atoms with Crippen molar-refractivity contribution in [2.75, 3.05) is 5.32 Å². The third-order valence-corrected chi connectivity index (χ3v) is 3.56. The van der Waals surface area contributed by atoms with E-state index in [-0.39, 0.29) is 17.9 Å². The molecule has 7 nitrogen and oxygen atoms in total. The quantitative estimate of drug-likeness (QED) is 0.741. The minimum absolute atomic E-state index is 0.0559. The first kappa shape index (κ1) is 16.4. The number of nitrogens with one attached hydrogen (secondary N) is 1. The van der Waals surface area contributed by atoms with E-state index < -0.39 is 5.97 Å². The maximum atomic E-state index is 12.4. The number of carbonyl (C=O) groups excluding carboxylic acids is 1. The molecule has 1 aromatic heterocycles. The van der Waals surface area contributed by atoms with E-state index in [2.05, 4.69) is 15.5 Å². The van der Waals surface area contributed by atoms with Crippen molar-refractivity contribution in [2.45, 2.75) is 13.3 Å². The van der Waals surface area contributed by atoms with E-state index in [1.807, 2.05) is 0 Å². The second kappa shape index (κ2) is 6.96. The van der Waals surface area contributed by atoms with Gasteiger partial charge in [0, 0.05) is 6.92 Å². The van der Waals surface area contributed by atoms with Crippen LogP contribution in [0, 0.1) is 6.92 Å². The van der Waals surface area contributed by atoms with Gasteiger partial charge in [-0.15, -0.1) is 10.2 Å². The molecule has 0 aliphatic carbocycles. The average Bonchev–Trinajstić information content (AvgIpc) is 3.02. The minimum atomic E-state index is -1.06. The Hall–Kier alpha value is -3.48. The monoisotopic (exact) mass is 337 g/mol. The average molecular weight is 337 g/mol. The first-order valence-electron chi connectivity index (χ1n) is 7.55. The van der Waals surface area contributed by atoms with Gasteiger partial charge in [0.05, 0.1) is 23.2 Å². The molecule has 0 radical (unpaired) electrons. The van der Waals surface area contributed by atoms with Crippen molar-refractivity contribution in [2.24, 2.45) is 0 Å². The van der Waals surface area contributed by atoms with Crippen molar-refractivity contribution >= 4 is 17.6 Å². The van der Waals surface area contributed by atoms with Crippen molar-refractivity contribution in [3.63, 3.8) is 0 Å². The standard InChI is InChI=1S/C18H15N3O4/c1-11-20-21-17(25-11)14-8-4-5-9-15(14)19-16(22)10-12-6-2-3-7-13(12)18(23)24/h2-9H,10H2,1H3,(H,19,22)(H,23,24). The number of hydrogen-bond acceptors (Lipinski definition) is 5. The van der Waals surface area contributed by atoms with Crippen LogP contribution in [0.3, 0.4) is 0 Å². The molecule has 126 valence electrons. The van der Waals surface area contributed by atoms with Crippen molar-refractivity contribution in [3.8, 4) is 11.5 Å². The van der Waals surface area contributed by atoms with Crippen LogP contribution >= 0.6 is 0 Å². The number of aryl methyl sites for hydroxylation is 1. The van der Waals surface area contributed by atoms with Gasteiger partial charge in [0.2, 0.25) is 17.7 Å². The van der Waals surface area contributed by atoms with Crippen molar-refractivity contribution < 1.29 is 19.1 Å². The fourth-order valence-electron chi connectivity index (χ4n) is 2.43. The van der Waals surface area contributed by atoms with Crippen molar-refractivity contribution in [1.29, 1.82) is 0 Å². The Balaban J connectivity index is 1.82. The summed E-state index contributed by atoms with van der Waals surface area (Å²) in [7, 11) is 0. The number of hydrogen-bond donors (Lipinski definition) is 2. The normalized spacial score (nSPS) is 10.4. The largest absolute Gasteiger partial charge is 0.478 e. The molecule has 2 N–H and O–H groups in total. The predicted molar refractivity (Wildman–Crippen MR) is 90.2 cm³/mol. The number of para-hydroxylation sites is 1. The van der Waals surface area contributed by atoms with Gasteiger partial charge in [-0.05, 0) is 23.8 Å². The second-order valence-electron chi connectivity index (χ2n) is 5.36. The molecule has 0 fully saturated rings. The molecule has 7 heteroatoms. The molecule has 1 heterocycles. The van der Waals surface area contributed by atoms with Gasteiger partial charge in [-0.3, -0.25) is 4.79 Å². The maximum Gasteiger partial charge on any atom is 0.335 e. The Morgan fingerprint density at radius 3 is 2.52 bits per heavy atom. The predicted octanol–water partition coefficient (Wildman–Crippen LogP) is 2.92. The fourth-order valence-corrected chi connectivity index (χ4v) is 2.43. The van der Waals surface area contributed by atoms with Gasteiger partial charge in [-0.2, -0.15) is 0 Å². The van der Waals surface area contributed by atoms with Crippen molar-refractivity contribution in [1.82, 2.24) is 10.2 Å². The van der Waals surface area contributed by atoms with Crippen LogP contribution in [0.15, 0.2) is 52.9 Å². The SMILES string of the molecule is Cc1nnc(-c2ccccc2NC(=O)Cc2ccccc2C(=O)O)o1. The molecule has 0 aliphatic heterocycles. The minimum Gasteiger partial charge on any atom is -0.478 e. The fraction of sp³-hybridized carbons (Fsp3) is 0.111. The molecule has 0 aliphatic rings. The Labute approximate surface area is 143 Å².